The maximum Gasteiger partial charge on any atom is 0.234 e. The van der Waals surface area contributed by atoms with Gasteiger partial charge < -0.3 is 4.98 Å². The van der Waals surface area contributed by atoms with Crippen LogP contribution in [0, 0.1) is 0 Å². The van der Waals surface area contributed by atoms with Crippen LogP contribution in [-0.4, -0.2) is 17.6 Å². The Morgan fingerprint density at radius 2 is 2.60 bits per heavy atom. The highest BCUT2D eigenvalue weighted by Gasteiger charge is 1.88. The molecule has 0 unspecified atom stereocenters. The molecular weight excluding hydrogens is 128 g/mol. The van der Waals surface area contributed by atoms with Crippen molar-refractivity contribution in [3.05, 3.63) is 24.0 Å². The van der Waals surface area contributed by atoms with Crippen LogP contribution in [0.2, 0.25) is 0 Å². The van der Waals surface area contributed by atoms with E-state index in [-0.39, 0.29) is 0 Å². The van der Waals surface area contributed by atoms with Crippen molar-refractivity contribution in [3.63, 3.8) is 0 Å². The predicted molar refractivity (Wildman–Crippen MR) is 37.5 cm³/mol. The Labute approximate surface area is 58.8 Å². The van der Waals surface area contributed by atoms with Crippen molar-refractivity contribution in [3.8, 4) is 0 Å². The summed E-state index contributed by atoms with van der Waals surface area (Å²) in [4.78, 5) is 16.1. The molecule has 0 aromatic carbocycles. The summed E-state index contributed by atoms with van der Waals surface area (Å²) in [6.07, 6.45) is 4.12. The van der Waals surface area contributed by atoms with Gasteiger partial charge in [-0.3, -0.25) is 0 Å². The Bertz CT molecular complexity index is 222. The van der Waals surface area contributed by atoms with Crippen molar-refractivity contribution in [1.29, 1.82) is 0 Å². The van der Waals surface area contributed by atoms with Crippen molar-refractivity contribution < 1.29 is 4.79 Å². The summed E-state index contributed by atoms with van der Waals surface area (Å²) >= 11 is 0. The lowest BCUT2D eigenvalue weighted by atomic mass is 10.3. The van der Waals surface area contributed by atoms with Crippen molar-refractivity contribution in [1.82, 2.24) is 4.98 Å². The third-order valence-corrected chi connectivity index (χ3v) is 1.22. The maximum absolute atomic E-state index is 9.63. The summed E-state index contributed by atoms with van der Waals surface area (Å²) in [6, 6.07) is 3.88. The molecule has 0 aliphatic rings. The first-order valence-electron chi connectivity index (χ1n) is 3.09. The van der Waals surface area contributed by atoms with Crippen LogP contribution in [0.25, 0.3) is 0 Å². The predicted octanol–water partition coefficient (Wildman–Crippen LogP) is 0.893. The number of hydrogen-bond donors (Lipinski definition) is 1. The van der Waals surface area contributed by atoms with Gasteiger partial charge in [0, 0.05) is 18.3 Å². The minimum Gasteiger partial charge on any atom is -0.365 e. The minimum atomic E-state index is 0.518. The summed E-state index contributed by atoms with van der Waals surface area (Å²) in [5.74, 6) is 0. The number of nitrogens with zero attached hydrogens (tertiary/aromatic N) is 1. The molecule has 0 amide bonds. The Morgan fingerprint density at radius 3 is 3.20 bits per heavy atom. The molecule has 3 nitrogen and oxygen atoms in total. The van der Waals surface area contributed by atoms with Crippen LogP contribution < -0.4 is 0 Å². The zero-order valence-electron chi connectivity index (χ0n) is 5.50. The van der Waals surface area contributed by atoms with E-state index in [1.165, 1.54) is 6.08 Å². The van der Waals surface area contributed by atoms with Gasteiger partial charge in [-0.05, 0) is 12.1 Å². The molecule has 1 N–H and O–H groups in total. The first kappa shape index (κ1) is 6.78. The lowest BCUT2D eigenvalue weighted by Crippen LogP contribution is -1.87. The van der Waals surface area contributed by atoms with Crippen LogP contribution in [0.1, 0.15) is 5.69 Å². The lowest BCUT2D eigenvalue weighted by molar-refractivity contribution is 0.563. The van der Waals surface area contributed by atoms with E-state index in [0.717, 1.165) is 12.1 Å². The van der Waals surface area contributed by atoms with E-state index < -0.39 is 0 Å². The number of hydrogen-bond acceptors (Lipinski definition) is 2. The molecule has 0 saturated heterocycles. The molecule has 0 saturated carbocycles. The van der Waals surface area contributed by atoms with Crippen LogP contribution >= 0.6 is 0 Å². The molecule has 3 heteroatoms. The third kappa shape index (κ3) is 1.88. The topological polar surface area (TPSA) is 45.2 Å². The van der Waals surface area contributed by atoms with Crippen molar-refractivity contribution in [2.24, 2.45) is 4.99 Å². The Balaban J connectivity index is 2.34. The zero-order chi connectivity index (χ0) is 7.23. The first-order chi connectivity index (χ1) is 4.93. The van der Waals surface area contributed by atoms with E-state index in [4.69, 9.17) is 0 Å². The van der Waals surface area contributed by atoms with E-state index in [1.54, 1.807) is 0 Å². The van der Waals surface area contributed by atoms with Gasteiger partial charge in [-0.2, -0.15) is 0 Å². The van der Waals surface area contributed by atoms with E-state index in [1.807, 2.05) is 18.3 Å². The minimum absolute atomic E-state index is 0.518. The molecule has 52 valence electrons. The highest BCUT2D eigenvalue weighted by Crippen LogP contribution is 1.94. The zero-order valence-corrected chi connectivity index (χ0v) is 5.50. The van der Waals surface area contributed by atoms with Crippen molar-refractivity contribution in [2.75, 3.05) is 6.54 Å². The van der Waals surface area contributed by atoms with Gasteiger partial charge in [0.15, 0.2) is 0 Å². The van der Waals surface area contributed by atoms with E-state index in [9.17, 15) is 4.79 Å². The number of aliphatic imine (C=N–C) groups is 1. The fourth-order valence-corrected chi connectivity index (χ4v) is 0.745. The second-order valence-corrected chi connectivity index (χ2v) is 1.92. The standard InChI is InChI=1S/C7H8N2O/c10-6-8-5-3-7-2-1-4-9-7/h1-2,4,9H,3,5H2. The number of aromatic amines is 1. The number of carbonyl (C=O) groups excluding carboxylic acids is 1. The third-order valence-electron chi connectivity index (χ3n) is 1.22. The molecule has 0 aliphatic heterocycles. The van der Waals surface area contributed by atoms with Crippen molar-refractivity contribution >= 4 is 6.08 Å². The summed E-state index contributed by atoms with van der Waals surface area (Å²) in [5, 5.41) is 0. The van der Waals surface area contributed by atoms with Crippen LogP contribution in [0.3, 0.4) is 0 Å². The molecule has 10 heavy (non-hydrogen) atoms. The van der Waals surface area contributed by atoms with E-state index in [2.05, 4.69) is 9.98 Å². The highest BCUT2D eigenvalue weighted by atomic mass is 16.1. The molecule has 0 bridgehead atoms. The van der Waals surface area contributed by atoms with E-state index >= 15 is 0 Å². The number of isocyanates is 1. The normalized spacial score (nSPS) is 8.80. The molecule has 0 fully saturated rings. The van der Waals surface area contributed by atoms with Crippen LogP contribution in [-0.2, 0) is 11.2 Å². The van der Waals surface area contributed by atoms with Gasteiger partial charge in [-0.15, -0.1) is 0 Å². The first-order valence-corrected chi connectivity index (χ1v) is 3.09. The van der Waals surface area contributed by atoms with Gasteiger partial charge in [-0.1, -0.05) is 0 Å². The highest BCUT2D eigenvalue weighted by molar-refractivity contribution is 5.32. The Hall–Kier alpha value is -1.34. The summed E-state index contributed by atoms with van der Waals surface area (Å²) < 4.78 is 0. The summed E-state index contributed by atoms with van der Waals surface area (Å²) in [7, 11) is 0. The quantitative estimate of drug-likeness (QED) is 0.486. The smallest absolute Gasteiger partial charge is 0.234 e. The summed E-state index contributed by atoms with van der Waals surface area (Å²) in [5.41, 5.74) is 1.10. The van der Waals surface area contributed by atoms with Gasteiger partial charge in [0.2, 0.25) is 6.08 Å². The van der Waals surface area contributed by atoms with Crippen LogP contribution in [0.5, 0.6) is 0 Å². The fraction of sp³-hybridized carbons (Fsp3) is 0.286. The Morgan fingerprint density at radius 1 is 1.70 bits per heavy atom. The maximum atomic E-state index is 9.63. The molecule has 0 spiro atoms. The summed E-state index contributed by atoms with van der Waals surface area (Å²) in [6.45, 7) is 0.518. The number of rotatable bonds is 3. The molecule has 0 radical (unpaired) electrons. The molecular formula is C7H8N2O. The van der Waals surface area contributed by atoms with Gasteiger partial charge >= 0.3 is 0 Å². The molecule has 0 atom stereocenters. The van der Waals surface area contributed by atoms with Crippen molar-refractivity contribution in [2.45, 2.75) is 6.42 Å². The number of nitrogens with one attached hydrogen (secondary N) is 1. The molecule has 1 heterocycles. The largest absolute Gasteiger partial charge is 0.365 e. The van der Waals surface area contributed by atoms with Crippen LogP contribution in [0.4, 0.5) is 0 Å². The molecule has 1 rings (SSSR count). The second kappa shape index (κ2) is 3.64. The molecule has 0 aliphatic carbocycles. The molecule has 1 aromatic heterocycles. The monoisotopic (exact) mass is 136 g/mol. The van der Waals surface area contributed by atoms with Gasteiger partial charge in [0.1, 0.15) is 0 Å². The number of aromatic nitrogens is 1. The van der Waals surface area contributed by atoms with Gasteiger partial charge in [-0.25, -0.2) is 9.79 Å². The lowest BCUT2D eigenvalue weighted by Gasteiger charge is -1.88. The average molecular weight is 136 g/mol. The SMILES string of the molecule is O=C=NCCc1ccc[nH]1. The fourth-order valence-electron chi connectivity index (χ4n) is 0.745. The number of H-pyrrole nitrogens is 1. The average Bonchev–Trinajstić information content (AvgIpc) is 2.41. The molecule has 1 aromatic rings. The van der Waals surface area contributed by atoms with Gasteiger partial charge in [0.05, 0.1) is 6.54 Å². The van der Waals surface area contributed by atoms with Gasteiger partial charge in [0.25, 0.3) is 0 Å². The van der Waals surface area contributed by atoms with E-state index in [0.29, 0.717) is 6.54 Å². The van der Waals surface area contributed by atoms with Crippen LogP contribution in [0.15, 0.2) is 23.3 Å². The second-order valence-electron chi connectivity index (χ2n) is 1.92. The Kier molecular flexibility index (Phi) is 2.47.